The first-order chi connectivity index (χ1) is 15.1. The average Bonchev–Trinajstić information content (AvgIpc) is 3.28. The molecule has 31 heavy (non-hydrogen) atoms. The Morgan fingerprint density at radius 1 is 1.23 bits per heavy atom. The first-order valence-electron chi connectivity index (χ1n) is 9.88. The van der Waals surface area contributed by atoms with Gasteiger partial charge in [0.2, 0.25) is 5.91 Å². The fourth-order valence-corrected chi connectivity index (χ4v) is 5.48. The highest BCUT2D eigenvalue weighted by atomic mass is 35.5. The Bertz CT molecular complexity index is 1110. The fraction of sp³-hybridized carbons (Fsp3) is 0.333. The predicted octanol–water partition coefficient (Wildman–Crippen LogP) is 4.90. The number of hydrogen-bond acceptors (Lipinski definition) is 7. The van der Waals surface area contributed by atoms with E-state index in [-0.39, 0.29) is 11.7 Å². The van der Waals surface area contributed by atoms with Crippen LogP contribution in [0.2, 0.25) is 5.02 Å². The van der Waals surface area contributed by atoms with Crippen molar-refractivity contribution < 1.29 is 14.3 Å². The van der Waals surface area contributed by atoms with Gasteiger partial charge >= 0.3 is 5.97 Å². The van der Waals surface area contributed by atoms with Crippen molar-refractivity contribution in [3.63, 3.8) is 0 Å². The summed E-state index contributed by atoms with van der Waals surface area (Å²) in [5, 5.41) is 14.9. The van der Waals surface area contributed by atoms with Crippen LogP contribution < -0.4 is 5.32 Å². The lowest BCUT2D eigenvalue weighted by molar-refractivity contribution is -0.113. The maximum Gasteiger partial charge on any atom is 0.341 e. The molecule has 0 radical (unpaired) electrons. The van der Waals surface area contributed by atoms with Crippen LogP contribution in [0.3, 0.4) is 0 Å². The summed E-state index contributed by atoms with van der Waals surface area (Å²) in [5.41, 5.74) is 1.64. The number of anilines is 1. The molecule has 7 nitrogen and oxygen atoms in total. The summed E-state index contributed by atoms with van der Waals surface area (Å²) in [6.07, 6.45) is 4.30. The Balaban J connectivity index is 1.50. The van der Waals surface area contributed by atoms with Crippen LogP contribution in [0.25, 0.3) is 11.1 Å². The number of aromatic nitrogens is 3. The summed E-state index contributed by atoms with van der Waals surface area (Å²) in [5.74, 6) is 0.393. The second-order valence-electron chi connectivity index (χ2n) is 7.02. The number of esters is 1. The quantitative estimate of drug-likeness (QED) is 0.402. The van der Waals surface area contributed by atoms with Gasteiger partial charge in [0.25, 0.3) is 0 Å². The number of carbonyl (C=O) groups excluding carboxylic acids is 2. The summed E-state index contributed by atoms with van der Waals surface area (Å²) in [7, 11) is 1.31. The minimum Gasteiger partial charge on any atom is -0.465 e. The molecule has 0 atom stereocenters. The van der Waals surface area contributed by atoms with Crippen molar-refractivity contribution in [3.8, 4) is 11.1 Å². The normalized spacial score (nSPS) is 13.4. The summed E-state index contributed by atoms with van der Waals surface area (Å²) < 4.78 is 7.06. The van der Waals surface area contributed by atoms with Gasteiger partial charge in [-0.25, -0.2) is 4.79 Å². The number of aryl methyl sites for hydroxylation is 1. The number of nitrogens with zero attached hydrogens (tertiary/aromatic N) is 3. The molecule has 1 aliphatic heterocycles. The molecular weight excluding hydrogens is 456 g/mol. The Morgan fingerprint density at radius 3 is 2.87 bits per heavy atom. The number of halogens is 1. The van der Waals surface area contributed by atoms with Crippen molar-refractivity contribution >= 4 is 51.6 Å². The largest absolute Gasteiger partial charge is 0.465 e. The Labute approximate surface area is 193 Å². The van der Waals surface area contributed by atoms with E-state index in [1.165, 1.54) is 36.6 Å². The molecule has 0 unspecified atom stereocenters. The molecule has 1 N–H and O–H groups in total. The molecule has 0 spiro atoms. The molecule has 10 heteroatoms. The summed E-state index contributed by atoms with van der Waals surface area (Å²) in [6, 6.07) is 7.25. The van der Waals surface area contributed by atoms with Crippen LogP contribution >= 0.6 is 34.7 Å². The van der Waals surface area contributed by atoms with Crippen LogP contribution in [0.4, 0.5) is 5.00 Å². The molecule has 1 amide bonds. The van der Waals surface area contributed by atoms with E-state index in [4.69, 9.17) is 16.3 Å². The standard InChI is InChI=1S/C21H21ClN4O3S2/c1-29-20(28)18-14(13-7-4-5-8-15(13)22)11-30-19(18)23-17(27)12-31-21-25-24-16-9-3-2-6-10-26(16)21/h4-5,7-8,11H,2-3,6,9-10,12H2,1H3,(H,23,27). The number of hydrogen-bond donors (Lipinski definition) is 1. The number of ether oxygens (including phenoxy) is 1. The highest BCUT2D eigenvalue weighted by molar-refractivity contribution is 7.99. The number of carbonyl (C=O) groups is 2. The van der Waals surface area contributed by atoms with Gasteiger partial charge in [-0.15, -0.1) is 21.5 Å². The molecular formula is C21H21ClN4O3S2. The van der Waals surface area contributed by atoms with E-state index < -0.39 is 5.97 Å². The molecule has 4 rings (SSSR count). The van der Waals surface area contributed by atoms with Crippen LogP contribution in [0.15, 0.2) is 34.8 Å². The summed E-state index contributed by atoms with van der Waals surface area (Å²) in [4.78, 5) is 25.1. The van der Waals surface area contributed by atoms with Crippen molar-refractivity contribution in [3.05, 3.63) is 46.1 Å². The highest BCUT2D eigenvalue weighted by Gasteiger charge is 2.24. The molecule has 1 aromatic carbocycles. The van der Waals surface area contributed by atoms with Gasteiger partial charge < -0.3 is 14.6 Å². The zero-order chi connectivity index (χ0) is 21.8. The average molecular weight is 477 g/mol. The molecule has 3 heterocycles. The Morgan fingerprint density at radius 2 is 2.06 bits per heavy atom. The Kier molecular flexibility index (Phi) is 6.94. The number of amides is 1. The third kappa shape index (κ3) is 4.78. The van der Waals surface area contributed by atoms with E-state index in [1.54, 1.807) is 11.4 Å². The Hall–Kier alpha value is -2.36. The molecule has 0 saturated heterocycles. The van der Waals surface area contributed by atoms with Gasteiger partial charge in [-0.05, 0) is 18.9 Å². The topological polar surface area (TPSA) is 86.1 Å². The molecule has 3 aromatic rings. The summed E-state index contributed by atoms with van der Waals surface area (Å²) >= 11 is 8.93. The maximum absolute atomic E-state index is 12.7. The third-order valence-corrected chi connectivity index (χ3v) is 7.20. The molecule has 0 aliphatic carbocycles. The van der Waals surface area contributed by atoms with Gasteiger partial charge in [-0.1, -0.05) is 48.0 Å². The monoisotopic (exact) mass is 476 g/mol. The number of methoxy groups -OCH3 is 1. The van der Waals surface area contributed by atoms with Crippen molar-refractivity contribution in [1.82, 2.24) is 14.8 Å². The van der Waals surface area contributed by atoms with Crippen LogP contribution in [0.1, 0.15) is 35.4 Å². The van der Waals surface area contributed by atoms with E-state index in [0.717, 1.165) is 36.8 Å². The van der Waals surface area contributed by atoms with Crippen LogP contribution in [-0.4, -0.2) is 39.5 Å². The van der Waals surface area contributed by atoms with E-state index in [9.17, 15) is 9.59 Å². The lowest BCUT2D eigenvalue weighted by Gasteiger charge is -2.09. The minimum atomic E-state index is -0.526. The van der Waals surface area contributed by atoms with E-state index in [2.05, 4.69) is 20.1 Å². The molecule has 0 saturated carbocycles. The van der Waals surface area contributed by atoms with Gasteiger partial charge in [0.1, 0.15) is 16.4 Å². The van der Waals surface area contributed by atoms with E-state index in [0.29, 0.717) is 26.7 Å². The minimum absolute atomic E-state index is 0.165. The van der Waals surface area contributed by atoms with E-state index in [1.807, 2.05) is 18.2 Å². The number of thiophene rings is 1. The smallest absolute Gasteiger partial charge is 0.341 e. The number of benzene rings is 1. The zero-order valence-corrected chi connectivity index (χ0v) is 19.3. The van der Waals surface area contributed by atoms with Gasteiger partial charge in [0.05, 0.1) is 12.9 Å². The zero-order valence-electron chi connectivity index (χ0n) is 16.9. The summed E-state index contributed by atoms with van der Waals surface area (Å²) in [6.45, 7) is 0.880. The van der Waals surface area contributed by atoms with Crippen molar-refractivity contribution in [2.45, 2.75) is 37.4 Å². The van der Waals surface area contributed by atoms with Crippen molar-refractivity contribution in [2.24, 2.45) is 0 Å². The lowest BCUT2D eigenvalue weighted by Crippen LogP contribution is -2.16. The molecule has 2 aromatic heterocycles. The molecule has 162 valence electrons. The number of thioether (sulfide) groups is 1. The van der Waals surface area contributed by atoms with Gasteiger partial charge in [0, 0.05) is 34.5 Å². The molecule has 0 bridgehead atoms. The van der Waals surface area contributed by atoms with Crippen LogP contribution in [0, 0.1) is 0 Å². The predicted molar refractivity (Wildman–Crippen MR) is 123 cm³/mol. The maximum atomic E-state index is 12.7. The van der Waals surface area contributed by atoms with Gasteiger partial charge in [0.15, 0.2) is 5.16 Å². The van der Waals surface area contributed by atoms with E-state index >= 15 is 0 Å². The SMILES string of the molecule is COC(=O)c1c(-c2ccccc2Cl)csc1NC(=O)CSc1nnc2n1CCCCC2. The second kappa shape index (κ2) is 9.84. The highest BCUT2D eigenvalue weighted by Crippen LogP contribution is 2.39. The third-order valence-electron chi connectivity index (χ3n) is 5.01. The number of fused-ring (bicyclic) bond motifs is 1. The molecule has 0 fully saturated rings. The fourth-order valence-electron chi connectivity index (χ4n) is 3.49. The van der Waals surface area contributed by atoms with Crippen LogP contribution in [0.5, 0.6) is 0 Å². The number of rotatable bonds is 6. The van der Waals surface area contributed by atoms with Crippen molar-refractivity contribution in [1.29, 1.82) is 0 Å². The van der Waals surface area contributed by atoms with Gasteiger partial charge in [-0.3, -0.25) is 4.79 Å². The van der Waals surface area contributed by atoms with Crippen molar-refractivity contribution in [2.75, 3.05) is 18.2 Å². The first-order valence-corrected chi connectivity index (χ1v) is 12.1. The second-order valence-corrected chi connectivity index (χ2v) is 9.25. The molecule has 1 aliphatic rings. The number of nitrogens with one attached hydrogen (secondary N) is 1. The lowest BCUT2D eigenvalue weighted by atomic mass is 10.0. The first kappa shape index (κ1) is 21.9. The van der Waals surface area contributed by atoms with Gasteiger partial charge in [-0.2, -0.15) is 0 Å². The van der Waals surface area contributed by atoms with Crippen LogP contribution in [-0.2, 0) is 22.5 Å².